The molecule has 1 aromatic heterocycles. The average Bonchev–Trinajstić information content (AvgIpc) is 3.21. The highest BCUT2D eigenvalue weighted by Gasteiger charge is 2.26. The maximum Gasteiger partial charge on any atom is 0.270 e. The number of amides is 2. The van der Waals surface area contributed by atoms with Crippen molar-refractivity contribution in [1.29, 1.82) is 0 Å². The number of halogens is 1. The smallest absolute Gasteiger partial charge is 0.270 e. The van der Waals surface area contributed by atoms with Gasteiger partial charge in [0.2, 0.25) is 0 Å². The van der Waals surface area contributed by atoms with Crippen LogP contribution in [-0.4, -0.2) is 48.4 Å². The van der Waals surface area contributed by atoms with Crippen molar-refractivity contribution in [2.24, 2.45) is 5.92 Å². The van der Waals surface area contributed by atoms with Crippen LogP contribution in [0.15, 0.2) is 29.1 Å². The van der Waals surface area contributed by atoms with Gasteiger partial charge in [-0.05, 0) is 37.0 Å². The monoisotopic (exact) mass is 393 g/mol. The molecule has 0 bridgehead atoms. The molecule has 2 amide bonds. The second-order valence-electron chi connectivity index (χ2n) is 6.16. The number of hydrogen-bond acceptors (Lipinski definition) is 5. The van der Waals surface area contributed by atoms with E-state index in [9.17, 15) is 9.59 Å². The number of thiazole rings is 1. The highest BCUT2D eigenvalue weighted by Crippen LogP contribution is 2.26. The third kappa shape index (κ3) is 4.34. The summed E-state index contributed by atoms with van der Waals surface area (Å²) < 4.78 is 5.28. The molecule has 1 saturated heterocycles. The van der Waals surface area contributed by atoms with Gasteiger partial charge in [0.05, 0.1) is 18.2 Å². The minimum absolute atomic E-state index is 0.0747. The number of carbonyl (C=O) groups excluding carboxylic acids is 2. The van der Waals surface area contributed by atoms with Gasteiger partial charge in [0.15, 0.2) is 0 Å². The minimum atomic E-state index is -0.145. The Morgan fingerprint density at radius 2 is 2.15 bits per heavy atom. The molecule has 1 aliphatic rings. The van der Waals surface area contributed by atoms with Gasteiger partial charge in [-0.25, -0.2) is 4.98 Å². The summed E-state index contributed by atoms with van der Waals surface area (Å²) in [5, 5.41) is 5.16. The van der Waals surface area contributed by atoms with E-state index < -0.39 is 0 Å². The molecule has 0 spiro atoms. The summed E-state index contributed by atoms with van der Waals surface area (Å²) in [6.07, 6.45) is 1.68. The second-order valence-corrected chi connectivity index (χ2v) is 7.32. The Balaban J connectivity index is 1.53. The highest BCUT2D eigenvalue weighted by molar-refractivity contribution is 7.07. The van der Waals surface area contributed by atoms with Crippen molar-refractivity contribution in [1.82, 2.24) is 15.2 Å². The Hall–Kier alpha value is -2.12. The van der Waals surface area contributed by atoms with E-state index in [1.54, 1.807) is 29.1 Å². The second kappa shape index (κ2) is 8.51. The number of piperidine rings is 1. The van der Waals surface area contributed by atoms with Gasteiger partial charge in [0, 0.05) is 30.0 Å². The van der Waals surface area contributed by atoms with E-state index in [0.29, 0.717) is 47.6 Å². The number of rotatable bonds is 5. The fourth-order valence-electron chi connectivity index (χ4n) is 3.01. The number of ether oxygens (including phenoxy) is 1. The Bertz CT molecular complexity index is 774. The minimum Gasteiger partial charge on any atom is -0.496 e. The summed E-state index contributed by atoms with van der Waals surface area (Å²) >= 11 is 7.42. The molecule has 0 atom stereocenters. The van der Waals surface area contributed by atoms with Gasteiger partial charge < -0.3 is 15.0 Å². The van der Waals surface area contributed by atoms with Crippen LogP contribution in [-0.2, 0) is 0 Å². The normalized spacial score (nSPS) is 14.9. The molecular weight excluding hydrogens is 374 g/mol. The number of methoxy groups -OCH3 is 1. The van der Waals surface area contributed by atoms with Crippen molar-refractivity contribution in [2.45, 2.75) is 12.8 Å². The lowest BCUT2D eigenvalue weighted by atomic mass is 9.96. The molecule has 2 heterocycles. The van der Waals surface area contributed by atoms with Gasteiger partial charge in [-0.3, -0.25) is 9.59 Å². The molecular formula is C18H20ClN3O3S. The van der Waals surface area contributed by atoms with E-state index in [4.69, 9.17) is 16.3 Å². The van der Waals surface area contributed by atoms with Crippen LogP contribution in [0.3, 0.4) is 0 Å². The van der Waals surface area contributed by atoms with Crippen LogP contribution in [0.25, 0.3) is 0 Å². The predicted molar refractivity (Wildman–Crippen MR) is 101 cm³/mol. The zero-order chi connectivity index (χ0) is 18.5. The first-order valence-corrected chi connectivity index (χ1v) is 9.69. The molecule has 0 aliphatic carbocycles. The Morgan fingerprint density at radius 1 is 1.38 bits per heavy atom. The van der Waals surface area contributed by atoms with Gasteiger partial charge in [0.25, 0.3) is 11.8 Å². The standard InChI is InChI=1S/C18H20ClN3O3S/c1-25-16-3-2-13(19)8-14(16)18(24)22-6-4-12(5-7-22)9-20-17(23)15-10-26-11-21-15/h2-3,8,10-12H,4-7,9H2,1H3,(H,20,23). The van der Waals surface area contributed by atoms with E-state index in [0.717, 1.165) is 12.8 Å². The van der Waals surface area contributed by atoms with Gasteiger partial charge in [-0.1, -0.05) is 11.6 Å². The van der Waals surface area contributed by atoms with Crippen molar-refractivity contribution < 1.29 is 14.3 Å². The highest BCUT2D eigenvalue weighted by atomic mass is 35.5. The molecule has 138 valence electrons. The van der Waals surface area contributed by atoms with E-state index in [1.165, 1.54) is 18.4 Å². The lowest BCUT2D eigenvalue weighted by Gasteiger charge is -2.32. The van der Waals surface area contributed by atoms with Crippen LogP contribution in [0.5, 0.6) is 5.75 Å². The molecule has 0 saturated carbocycles. The summed E-state index contributed by atoms with van der Waals surface area (Å²) in [7, 11) is 1.54. The zero-order valence-corrected chi connectivity index (χ0v) is 16.0. The first-order chi connectivity index (χ1) is 12.6. The van der Waals surface area contributed by atoms with Gasteiger partial charge in [-0.2, -0.15) is 0 Å². The summed E-state index contributed by atoms with van der Waals surface area (Å²) in [5.74, 6) is 0.655. The van der Waals surface area contributed by atoms with Crippen molar-refractivity contribution in [2.75, 3.05) is 26.7 Å². The summed E-state index contributed by atoms with van der Waals surface area (Å²) in [6.45, 7) is 1.89. The van der Waals surface area contributed by atoms with Gasteiger partial charge >= 0.3 is 0 Å². The lowest BCUT2D eigenvalue weighted by Crippen LogP contribution is -2.41. The fraction of sp³-hybridized carbons (Fsp3) is 0.389. The molecule has 2 aromatic rings. The molecule has 0 radical (unpaired) electrons. The van der Waals surface area contributed by atoms with Crippen LogP contribution in [0.1, 0.15) is 33.7 Å². The molecule has 0 unspecified atom stereocenters. The van der Waals surface area contributed by atoms with E-state index in [1.807, 2.05) is 4.90 Å². The van der Waals surface area contributed by atoms with Crippen molar-refractivity contribution in [3.05, 3.63) is 45.4 Å². The maximum absolute atomic E-state index is 12.8. The van der Waals surface area contributed by atoms with Crippen molar-refractivity contribution in [3.8, 4) is 5.75 Å². The average molecular weight is 394 g/mol. The number of benzene rings is 1. The number of nitrogens with one attached hydrogen (secondary N) is 1. The van der Waals surface area contributed by atoms with Gasteiger partial charge in [0.1, 0.15) is 11.4 Å². The lowest BCUT2D eigenvalue weighted by molar-refractivity contribution is 0.0681. The van der Waals surface area contributed by atoms with Crippen molar-refractivity contribution in [3.63, 3.8) is 0 Å². The number of carbonyl (C=O) groups is 2. The maximum atomic E-state index is 12.8. The summed E-state index contributed by atoms with van der Waals surface area (Å²) in [4.78, 5) is 30.5. The molecule has 3 rings (SSSR count). The van der Waals surface area contributed by atoms with Crippen LogP contribution in [0, 0.1) is 5.92 Å². The van der Waals surface area contributed by atoms with E-state index in [-0.39, 0.29) is 11.8 Å². The predicted octanol–water partition coefficient (Wildman–Crippen LogP) is 3.09. The first-order valence-electron chi connectivity index (χ1n) is 8.37. The molecule has 1 fully saturated rings. The SMILES string of the molecule is COc1ccc(Cl)cc1C(=O)N1CCC(CNC(=O)c2cscn2)CC1. The molecule has 26 heavy (non-hydrogen) atoms. The molecule has 1 aromatic carbocycles. The Morgan fingerprint density at radius 3 is 2.81 bits per heavy atom. The van der Waals surface area contributed by atoms with E-state index >= 15 is 0 Å². The largest absolute Gasteiger partial charge is 0.496 e. The zero-order valence-electron chi connectivity index (χ0n) is 14.4. The number of nitrogens with zero attached hydrogens (tertiary/aromatic N) is 2. The van der Waals surface area contributed by atoms with E-state index in [2.05, 4.69) is 10.3 Å². The van der Waals surface area contributed by atoms with Crippen LogP contribution in [0.2, 0.25) is 5.02 Å². The quantitative estimate of drug-likeness (QED) is 0.847. The topological polar surface area (TPSA) is 71.5 Å². The molecule has 1 aliphatic heterocycles. The third-order valence-corrected chi connectivity index (χ3v) is 5.33. The number of likely N-dealkylation sites (tertiary alicyclic amines) is 1. The first kappa shape index (κ1) is 18.7. The number of hydrogen-bond donors (Lipinski definition) is 1. The Labute approximate surface area is 161 Å². The van der Waals surface area contributed by atoms with Crippen molar-refractivity contribution >= 4 is 34.8 Å². The fourth-order valence-corrected chi connectivity index (χ4v) is 3.71. The van der Waals surface area contributed by atoms with Crippen LogP contribution < -0.4 is 10.1 Å². The van der Waals surface area contributed by atoms with Gasteiger partial charge in [-0.15, -0.1) is 11.3 Å². The molecule has 6 nitrogen and oxygen atoms in total. The third-order valence-electron chi connectivity index (χ3n) is 4.51. The molecule has 1 N–H and O–H groups in total. The molecule has 8 heteroatoms. The number of aromatic nitrogens is 1. The van der Waals surface area contributed by atoms with Crippen LogP contribution >= 0.6 is 22.9 Å². The summed E-state index contributed by atoms with van der Waals surface area (Å²) in [5.41, 5.74) is 2.58. The summed E-state index contributed by atoms with van der Waals surface area (Å²) in [6, 6.07) is 5.05. The van der Waals surface area contributed by atoms with Crippen LogP contribution in [0.4, 0.5) is 0 Å². The Kier molecular flexibility index (Phi) is 6.11.